The van der Waals surface area contributed by atoms with Crippen LogP contribution in [0.4, 0.5) is 5.69 Å². The fourth-order valence-electron chi connectivity index (χ4n) is 1.93. The van der Waals surface area contributed by atoms with Crippen molar-refractivity contribution in [2.75, 3.05) is 21.1 Å². The van der Waals surface area contributed by atoms with Gasteiger partial charge in [0.1, 0.15) is 11.4 Å². The molecule has 0 spiro atoms. The Labute approximate surface area is 89.9 Å². The van der Waals surface area contributed by atoms with Crippen LogP contribution < -0.4 is 9.22 Å². The van der Waals surface area contributed by atoms with E-state index >= 15 is 0 Å². The van der Waals surface area contributed by atoms with Gasteiger partial charge in [0.05, 0.1) is 33.1 Å². The van der Waals surface area contributed by atoms with Crippen LogP contribution in [-0.4, -0.2) is 27.1 Å². The number of quaternary nitrogens is 1. The van der Waals surface area contributed by atoms with E-state index in [1.165, 1.54) is 11.3 Å². The summed E-state index contributed by atoms with van der Waals surface area (Å²) in [5.41, 5.74) is 2.39. The molecule has 80 valence electrons. The molecular weight excluding hydrogens is 190 g/mol. The third-order valence-corrected chi connectivity index (χ3v) is 2.63. The fourth-order valence-corrected chi connectivity index (χ4v) is 1.93. The van der Waals surface area contributed by atoms with Gasteiger partial charge >= 0.3 is 5.97 Å². The highest BCUT2D eigenvalue weighted by Gasteiger charge is 2.25. The summed E-state index contributed by atoms with van der Waals surface area (Å²) in [6.07, 6.45) is 1.28. The second-order valence-electron chi connectivity index (χ2n) is 4.74. The highest BCUT2D eigenvalue weighted by Crippen LogP contribution is 2.34. The Morgan fingerprint density at radius 2 is 1.93 bits per heavy atom. The van der Waals surface area contributed by atoms with Crippen molar-refractivity contribution >= 4 is 11.7 Å². The monoisotopic (exact) mass is 206 g/mol. The average molecular weight is 206 g/mol. The Balaban J connectivity index is 2.51. The number of carbonyl (C=O) groups is 1. The van der Waals surface area contributed by atoms with Crippen molar-refractivity contribution in [3.63, 3.8) is 0 Å². The first-order valence-corrected chi connectivity index (χ1v) is 5.13. The molecule has 0 fully saturated rings. The van der Waals surface area contributed by atoms with E-state index in [1.807, 2.05) is 12.1 Å². The third kappa shape index (κ3) is 1.88. The largest absolute Gasteiger partial charge is 0.426 e. The predicted molar refractivity (Wildman–Crippen MR) is 60.0 cm³/mol. The summed E-state index contributed by atoms with van der Waals surface area (Å²) < 4.78 is 5.97. The summed E-state index contributed by atoms with van der Waals surface area (Å²) in [4.78, 5) is 11.2. The van der Waals surface area contributed by atoms with Crippen LogP contribution in [0.15, 0.2) is 18.2 Å². The number of hydrogen-bond acceptors (Lipinski definition) is 2. The van der Waals surface area contributed by atoms with E-state index in [1.54, 1.807) is 0 Å². The molecule has 1 aliphatic rings. The van der Waals surface area contributed by atoms with Gasteiger partial charge in [-0.05, 0) is 18.6 Å². The lowest BCUT2D eigenvalue weighted by atomic mass is 10.0. The molecule has 0 bridgehead atoms. The maximum absolute atomic E-state index is 11.2. The van der Waals surface area contributed by atoms with Gasteiger partial charge in [-0.25, -0.2) is 0 Å². The van der Waals surface area contributed by atoms with Crippen LogP contribution in [0.25, 0.3) is 0 Å². The maximum atomic E-state index is 11.2. The van der Waals surface area contributed by atoms with Gasteiger partial charge in [-0.2, -0.15) is 0 Å². The van der Waals surface area contributed by atoms with Crippen molar-refractivity contribution in [1.82, 2.24) is 4.48 Å². The molecule has 1 aromatic rings. The molecule has 2 rings (SSSR count). The van der Waals surface area contributed by atoms with Crippen LogP contribution in [0.1, 0.15) is 12.0 Å². The number of esters is 1. The molecule has 0 amide bonds. The quantitative estimate of drug-likeness (QED) is 0.397. The van der Waals surface area contributed by atoms with Crippen molar-refractivity contribution in [1.29, 1.82) is 0 Å². The molecule has 1 heterocycles. The summed E-state index contributed by atoms with van der Waals surface area (Å²) in [6, 6.07) is 5.90. The number of hydrogen-bond donors (Lipinski definition) is 0. The van der Waals surface area contributed by atoms with Gasteiger partial charge in [0.15, 0.2) is 0 Å². The molecule has 3 nitrogen and oxygen atoms in total. The molecule has 0 radical (unpaired) electrons. The summed E-state index contributed by atoms with van der Waals surface area (Å²) >= 11 is 0. The topological polar surface area (TPSA) is 26.3 Å². The molecule has 0 aliphatic carbocycles. The molecule has 15 heavy (non-hydrogen) atoms. The zero-order chi connectivity index (χ0) is 11.1. The highest BCUT2D eigenvalue weighted by atomic mass is 16.5. The summed E-state index contributed by atoms with van der Waals surface area (Å²) in [5, 5.41) is 0. The zero-order valence-corrected chi connectivity index (χ0v) is 9.41. The van der Waals surface area contributed by atoms with Gasteiger partial charge < -0.3 is 4.74 Å². The Morgan fingerprint density at radius 1 is 1.20 bits per heavy atom. The normalized spacial score (nSPS) is 15.8. The second-order valence-corrected chi connectivity index (χ2v) is 4.74. The predicted octanol–water partition coefficient (Wildman–Crippen LogP) is 1.73. The first-order chi connectivity index (χ1) is 6.98. The van der Waals surface area contributed by atoms with E-state index in [4.69, 9.17) is 4.74 Å². The lowest BCUT2D eigenvalue weighted by Crippen LogP contribution is -2.36. The number of carbonyl (C=O) groups excluding carboxylic acids is 1. The molecule has 3 heteroatoms. The van der Waals surface area contributed by atoms with E-state index in [2.05, 4.69) is 27.2 Å². The zero-order valence-electron chi connectivity index (χ0n) is 9.41. The Bertz CT molecular complexity index is 405. The minimum Gasteiger partial charge on any atom is -0.426 e. The maximum Gasteiger partial charge on any atom is 0.311 e. The highest BCUT2D eigenvalue weighted by molar-refractivity contribution is 5.77. The van der Waals surface area contributed by atoms with Crippen LogP contribution in [0, 0.1) is 0 Å². The van der Waals surface area contributed by atoms with Crippen molar-refractivity contribution in [3.05, 3.63) is 23.8 Å². The number of benzene rings is 1. The summed E-state index contributed by atoms with van der Waals surface area (Å²) in [5.74, 6) is 0.609. The van der Waals surface area contributed by atoms with E-state index < -0.39 is 0 Å². The number of nitrogens with zero attached hydrogens (tertiary/aromatic N) is 1. The molecule has 0 saturated carbocycles. The molecule has 0 aromatic heterocycles. The van der Waals surface area contributed by atoms with Gasteiger partial charge in [0.25, 0.3) is 0 Å². The van der Waals surface area contributed by atoms with E-state index in [-0.39, 0.29) is 5.97 Å². The average Bonchev–Trinajstić information content (AvgIpc) is 2.15. The van der Waals surface area contributed by atoms with Crippen LogP contribution in [0.3, 0.4) is 0 Å². The van der Waals surface area contributed by atoms with E-state index in [0.29, 0.717) is 6.42 Å². The Hall–Kier alpha value is -1.35. The van der Waals surface area contributed by atoms with Crippen LogP contribution in [0.2, 0.25) is 0 Å². The van der Waals surface area contributed by atoms with Gasteiger partial charge in [0, 0.05) is 0 Å². The molecule has 0 N–H and O–H groups in total. The molecule has 0 unspecified atom stereocenters. The smallest absolute Gasteiger partial charge is 0.311 e. The summed E-state index contributed by atoms with van der Waals surface area (Å²) in [7, 11) is 6.35. The van der Waals surface area contributed by atoms with E-state index in [9.17, 15) is 4.79 Å². The fraction of sp³-hybridized carbons (Fsp3) is 0.417. The van der Waals surface area contributed by atoms with Crippen LogP contribution >= 0.6 is 0 Å². The number of ether oxygens (including phenoxy) is 1. The van der Waals surface area contributed by atoms with Crippen molar-refractivity contribution in [2.45, 2.75) is 12.8 Å². The van der Waals surface area contributed by atoms with Crippen molar-refractivity contribution in [3.8, 4) is 5.75 Å². The first kappa shape index (κ1) is 10.2. The minimum atomic E-state index is -0.124. The SMILES string of the molecule is C[N+](C)(C)c1cccc2c1CCC(=O)O2. The number of rotatable bonds is 1. The Kier molecular flexibility index (Phi) is 2.27. The van der Waals surface area contributed by atoms with Crippen LogP contribution in [-0.2, 0) is 11.2 Å². The van der Waals surface area contributed by atoms with Crippen LogP contribution in [0.5, 0.6) is 5.75 Å². The standard InChI is InChI=1S/C12H16NO2/c1-13(2,3)10-5-4-6-11-9(10)7-8-12(14)15-11/h4-6H,7-8H2,1-3H3/q+1. The lowest BCUT2D eigenvalue weighted by Gasteiger charge is -2.28. The van der Waals surface area contributed by atoms with E-state index in [0.717, 1.165) is 16.7 Å². The number of fused-ring (bicyclic) bond motifs is 1. The molecule has 0 atom stereocenters. The van der Waals surface area contributed by atoms with Crippen molar-refractivity contribution < 1.29 is 9.53 Å². The minimum absolute atomic E-state index is 0.124. The van der Waals surface area contributed by atoms with Crippen molar-refractivity contribution in [2.24, 2.45) is 0 Å². The molecular formula is C12H16NO2+. The molecule has 0 saturated heterocycles. The lowest BCUT2D eigenvalue weighted by molar-refractivity contribution is -0.135. The van der Waals surface area contributed by atoms with Gasteiger partial charge in [-0.3, -0.25) is 9.28 Å². The van der Waals surface area contributed by atoms with Gasteiger partial charge in [0.2, 0.25) is 0 Å². The summed E-state index contributed by atoms with van der Waals surface area (Å²) in [6.45, 7) is 0. The first-order valence-electron chi connectivity index (χ1n) is 5.13. The third-order valence-electron chi connectivity index (χ3n) is 2.63. The molecule has 1 aliphatic heterocycles. The van der Waals surface area contributed by atoms with Gasteiger partial charge in [-0.15, -0.1) is 0 Å². The Morgan fingerprint density at radius 3 is 2.60 bits per heavy atom. The molecule has 1 aromatic carbocycles. The second kappa shape index (κ2) is 3.35. The van der Waals surface area contributed by atoms with Gasteiger partial charge in [-0.1, -0.05) is 6.07 Å².